The average Bonchev–Trinajstić information content (AvgIpc) is 2.61. The predicted octanol–water partition coefficient (Wildman–Crippen LogP) is 2.46. The van der Waals surface area contributed by atoms with Crippen LogP contribution in [0.3, 0.4) is 0 Å². The Hall–Kier alpha value is -3.22. The highest BCUT2D eigenvalue weighted by molar-refractivity contribution is 5.94. The standard InChI is InChI=1S/C17H16N2O5/c20-16(24-12-13-4-2-1-3-5-13)10-11-18-17(21)14-6-8-15(9-7-14)19(22)23/h1-9H,10-12H2,(H,18,21). The smallest absolute Gasteiger partial charge is 0.307 e. The molecule has 0 saturated carbocycles. The molecular formula is C17H16N2O5. The Bertz CT molecular complexity index is 714. The molecule has 2 aromatic carbocycles. The molecule has 1 amide bonds. The molecule has 0 atom stereocenters. The minimum absolute atomic E-state index is 0.0472. The second-order valence-corrected chi connectivity index (χ2v) is 4.96. The number of non-ortho nitro benzene ring substituents is 1. The van der Waals surface area contributed by atoms with E-state index in [0.717, 1.165) is 5.56 Å². The van der Waals surface area contributed by atoms with Crippen molar-refractivity contribution in [1.29, 1.82) is 0 Å². The Labute approximate surface area is 138 Å². The van der Waals surface area contributed by atoms with Gasteiger partial charge in [-0.1, -0.05) is 30.3 Å². The minimum Gasteiger partial charge on any atom is -0.461 e. The predicted molar refractivity (Wildman–Crippen MR) is 86.3 cm³/mol. The molecule has 124 valence electrons. The minimum atomic E-state index is -0.537. The Morgan fingerprint density at radius 3 is 2.33 bits per heavy atom. The van der Waals surface area contributed by atoms with Gasteiger partial charge in [-0.15, -0.1) is 0 Å². The molecule has 7 heteroatoms. The van der Waals surface area contributed by atoms with Gasteiger partial charge in [0.05, 0.1) is 11.3 Å². The molecule has 0 saturated heterocycles. The van der Waals surface area contributed by atoms with Crippen LogP contribution in [-0.2, 0) is 16.1 Å². The van der Waals surface area contributed by atoms with Crippen molar-refractivity contribution in [3.05, 3.63) is 75.8 Å². The average molecular weight is 328 g/mol. The molecule has 1 N–H and O–H groups in total. The molecule has 0 fully saturated rings. The van der Waals surface area contributed by atoms with Crippen LogP contribution in [0.15, 0.2) is 54.6 Å². The first-order chi connectivity index (χ1) is 11.6. The highest BCUT2D eigenvalue weighted by Gasteiger charge is 2.10. The normalized spacial score (nSPS) is 10.0. The fourth-order valence-electron chi connectivity index (χ4n) is 1.92. The summed E-state index contributed by atoms with van der Waals surface area (Å²) < 4.78 is 5.09. The lowest BCUT2D eigenvalue weighted by Crippen LogP contribution is -2.26. The first-order valence-electron chi connectivity index (χ1n) is 7.28. The molecule has 0 unspecified atom stereocenters. The summed E-state index contributed by atoms with van der Waals surface area (Å²) in [6, 6.07) is 14.5. The molecule has 0 spiro atoms. The van der Waals surface area contributed by atoms with E-state index in [-0.39, 0.29) is 25.3 Å². The number of nitrogens with one attached hydrogen (secondary N) is 1. The van der Waals surface area contributed by atoms with E-state index < -0.39 is 16.8 Å². The zero-order valence-electron chi connectivity index (χ0n) is 12.8. The Morgan fingerprint density at radius 1 is 1.04 bits per heavy atom. The maximum absolute atomic E-state index is 11.9. The van der Waals surface area contributed by atoms with Gasteiger partial charge in [-0.05, 0) is 17.7 Å². The second-order valence-electron chi connectivity index (χ2n) is 4.96. The number of amides is 1. The number of nitro groups is 1. The highest BCUT2D eigenvalue weighted by atomic mass is 16.6. The molecule has 0 aliphatic carbocycles. The van der Waals surface area contributed by atoms with Crippen LogP contribution in [0.1, 0.15) is 22.3 Å². The van der Waals surface area contributed by atoms with Crippen molar-refractivity contribution < 1.29 is 19.2 Å². The van der Waals surface area contributed by atoms with Crippen LogP contribution in [0, 0.1) is 10.1 Å². The van der Waals surface area contributed by atoms with Gasteiger partial charge in [0.2, 0.25) is 0 Å². The summed E-state index contributed by atoms with van der Waals surface area (Å²) in [6.07, 6.45) is 0.0472. The summed E-state index contributed by atoms with van der Waals surface area (Å²) in [5.41, 5.74) is 1.09. The topological polar surface area (TPSA) is 98.5 Å². The monoisotopic (exact) mass is 328 g/mol. The summed E-state index contributed by atoms with van der Waals surface area (Å²) in [6.45, 7) is 0.319. The van der Waals surface area contributed by atoms with Crippen molar-refractivity contribution >= 4 is 17.6 Å². The van der Waals surface area contributed by atoms with E-state index in [1.54, 1.807) is 0 Å². The van der Waals surface area contributed by atoms with Crippen molar-refractivity contribution in [3.63, 3.8) is 0 Å². The molecule has 0 aliphatic rings. The van der Waals surface area contributed by atoms with Crippen molar-refractivity contribution in [3.8, 4) is 0 Å². The summed E-state index contributed by atoms with van der Waals surface area (Å²) in [5.74, 6) is -0.816. The van der Waals surface area contributed by atoms with E-state index in [0.29, 0.717) is 5.56 Å². The van der Waals surface area contributed by atoms with Crippen molar-refractivity contribution in [2.45, 2.75) is 13.0 Å². The van der Waals surface area contributed by atoms with Gasteiger partial charge < -0.3 is 10.1 Å². The number of nitro benzene ring substituents is 1. The Balaban J connectivity index is 1.72. The lowest BCUT2D eigenvalue weighted by molar-refractivity contribution is -0.384. The highest BCUT2D eigenvalue weighted by Crippen LogP contribution is 2.11. The lowest BCUT2D eigenvalue weighted by Gasteiger charge is -2.06. The first kappa shape index (κ1) is 17.1. The Kier molecular flexibility index (Phi) is 6.01. The molecule has 2 aromatic rings. The molecule has 0 heterocycles. The molecule has 24 heavy (non-hydrogen) atoms. The van der Waals surface area contributed by atoms with E-state index in [9.17, 15) is 19.7 Å². The number of esters is 1. The van der Waals surface area contributed by atoms with Crippen LogP contribution in [0.25, 0.3) is 0 Å². The van der Waals surface area contributed by atoms with Crippen LogP contribution in [0.2, 0.25) is 0 Å². The number of hydrogen-bond acceptors (Lipinski definition) is 5. The fraction of sp³-hybridized carbons (Fsp3) is 0.176. The largest absolute Gasteiger partial charge is 0.461 e. The first-order valence-corrected chi connectivity index (χ1v) is 7.28. The molecule has 2 rings (SSSR count). The van der Waals surface area contributed by atoms with Gasteiger partial charge in [0.25, 0.3) is 11.6 Å². The lowest BCUT2D eigenvalue weighted by atomic mass is 10.2. The van der Waals surface area contributed by atoms with Crippen LogP contribution < -0.4 is 5.32 Å². The van der Waals surface area contributed by atoms with E-state index in [1.165, 1.54) is 24.3 Å². The zero-order valence-corrected chi connectivity index (χ0v) is 12.8. The molecular weight excluding hydrogens is 312 g/mol. The van der Waals surface area contributed by atoms with E-state index >= 15 is 0 Å². The van der Waals surface area contributed by atoms with Gasteiger partial charge in [0, 0.05) is 24.2 Å². The quantitative estimate of drug-likeness (QED) is 0.478. The van der Waals surface area contributed by atoms with Gasteiger partial charge in [-0.2, -0.15) is 0 Å². The third kappa shape index (κ3) is 5.20. The third-order valence-electron chi connectivity index (χ3n) is 3.20. The maximum atomic E-state index is 11.9. The number of carbonyl (C=O) groups is 2. The number of ether oxygens (including phenoxy) is 1. The van der Waals surface area contributed by atoms with Gasteiger partial charge in [0.15, 0.2) is 0 Å². The van der Waals surface area contributed by atoms with Crippen molar-refractivity contribution in [2.24, 2.45) is 0 Å². The SMILES string of the molecule is O=C(CCNC(=O)c1ccc([N+](=O)[O-])cc1)OCc1ccccc1. The zero-order chi connectivity index (χ0) is 17.4. The van der Waals surface area contributed by atoms with Crippen LogP contribution in [0.4, 0.5) is 5.69 Å². The maximum Gasteiger partial charge on any atom is 0.307 e. The van der Waals surface area contributed by atoms with Crippen LogP contribution in [0.5, 0.6) is 0 Å². The molecule has 0 aromatic heterocycles. The second kappa shape index (κ2) is 8.42. The molecule has 7 nitrogen and oxygen atoms in total. The van der Waals surface area contributed by atoms with Gasteiger partial charge in [0.1, 0.15) is 6.61 Å². The summed E-state index contributed by atoms with van der Waals surface area (Å²) >= 11 is 0. The number of hydrogen-bond donors (Lipinski definition) is 1. The number of nitrogens with zero attached hydrogens (tertiary/aromatic N) is 1. The number of carbonyl (C=O) groups excluding carboxylic acids is 2. The van der Waals surface area contributed by atoms with Gasteiger partial charge >= 0.3 is 5.97 Å². The number of benzene rings is 2. The van der Waals surface area contributed by atoms with E-state index in [2.05, 4.69) is 5.32 Å². The van der Waals surface area contributed by atoms with Crippen molar-refractivity contribution in [2.75, 3.05) is 6.54 Å². The van der Waals surface area contributed by atoms with Crippen LogP contribution in [-0.4, -0.2) is 23.3 Å². The summed E-state index contributed by atoms with van der Waals surface area (Å²) in [5, 5.41) is 13.1. The summed E-state index contributed by atoms with van der Waals surface area (Å²) in [4.78, 5) is 33.5. The molecule has 0 bridgehead atoms. The molecule has 0 radical (unpaired) electrons. The van der Waals surface area contributed by atoms with E-state index in [1.807, 2.05) is 30.3 Å². The fourth-order valence-corrected chi connectivity index (χ4v) is 1.92. The van der Waals surface area contributed by atoms with E-state index in [4.69, 9.17) is 4.74 Å². The van der Waals surface area contributed by atoms with Crippen molar-refractivity contribution in [1.82, 2.24) is 5.32 Å². The summed E-state index contributed by atoms with van der Waals surface area (Å²) in [7, 11) is 0. The molecule has 0 aliphatic heterocycles. The van der Waals surface area contributed by atoms with Gasteiger partial charge in [-0.3, -0.25) is 19.7 Å². The van der Waals surface area contributed by atoms with Crippen LogP contribution >= 0.6 is 0 Å². The third-order valence-corrected chi connectivity index (χ3v) is 3.20. The van der Waals surface area contributed by atoms with Gasteiger partial charge in [-0.25, -0.2) is 0 Å². The Morgan fingerprint density at radius 2 is 1.71 bits per heavy atom. The number of rotatable bonds is 7.